The maximum Gasteiger partial charge on any atom is 0.261 e. The van der Waals surface area contributed by atoms with Gasteiger partial charge in [-0.15, -0.1) is 0 Å². The lowest BCUT2D eigenvalue weighted by molar-refractivity contribution is 0.102. The van der Waals surface area contributed by atoms with Gasteiger partial charge in [-0.25, -0.2) is 12.8 Å². The highest BCUT2D eigenvalue weighted by atomic mass is 79.9. The van der Waals surface area contributed by atoms with Crippen molar-refractivity contribution in [1.82, 2.24) is 4.98 Å². The molecule has 0 bridgehead atoms. The Bertz CT molecular complexity index is 1090. The van der Waals surface area contributed by atoms with Gasteiger partial charge in [-0.2, -0.15) is 0 Å². The molecule has 1 aromatic heterocycles. The van der Waals surface area contributed by atoms with E-state index in [0.717, 1.165) is 4.47 Å². The van der Waals surface area contributed by atoms with E-state index in [1.807, 2.05) is 0 Å². The number of carbonyl (C=O) groups is 1. The van der Waals surface area contributed by atoms with Crippen LogP contribution in [0.2, 0.25) is 0 Å². The van der Waals surface area contributed by atoms with Gasteiger partial charge < -0.3 is 5.32 Å². The lowest BCUT2D eigenvalue weighted by Crippen LogP contribution is -2.15. The van der Waals surface area contributed by atoms with E-state index in [9.17, 15) is 17.6 Å². The Labute approximate surface area is 163 Å². The molecule has 0 aliphatic heterocycles. The summed E-state index contributed by atoms with van der Waals surface area (Å²) in [6.07, 6.45) is 2.57. The molecule has 0 atom stereocenters. The fourth-order valence-electron chi connectivity index (χ4n) is 2.22. The predicted octanol–water partition coefficient (Wildman–Crippen LogP) is 4.04. The van der Waals surface area contributed by atoms with E-state index in [2.05, 4.69) is 31.0 Å². The monoisotopic (exact) mass is 449 g/mol. The molecule has 3 rings (SSSR count). The van der Waals surface area contributed by atoms with Crippen LogP contribution in [0.5, 0.6) is 0 Å². The first-order chi connectivity index (χ1) is 12.8. The predicted molar refractivity (Wildman–Crippen MR) is 104 cm³/mol. The van der Waals surface area contributed by atoms with Crippen LogP contribution in [0.15, 0.2) is 76.4 Å². The van der Waals surface area contributed by atoms with Crippen molar-refractivity contribution in [3.8, 4) is 0 Å². The number of hydrogen-bond donors (Lipinski definition) is 2. The van der Waals surface area contributed by atoms with Crippen molar-refractivity contribution in [1.29, 1.82) is 0 Å². The maximum absolute atomic E-state index is 13.2. The SMILES string of the molecule is O=C(Nc1cccc(F)c1)c1cncc(NS(=O)(=O)c2ccc(Br)cc2)c1. The second kappa shape index (κ2) is 7.85. The third-order valence-electron chi connectivity index (χ3n) is 3.46. The van der Waals surface area contributed by atoms with Crippen LogP contribution in [0.3, 0.4) is 0 Å². The maximum atomic E-state index is 13.2. The summed E-state index contributed by atoms with van der Waals surface area (Å²) in [5.41, 5.74) is 0.529. The zero-order chi connectivity index (χ0) is 19.4. The van der Waals surface area contributed by atoms with Gasteiger partial charge in [-0.1, -0.05) is 22.0 Å². The summed E-state index contributed by atoms with van der Waals surface area (Å²) in [5.74, 6) is -1.03. The molecule has 0 aliphatic rings. The minimum absolute atomic E-state index is 0.0697. The van der Waals surface area contributed by atoms with Crippen LogP contribution in [-0.4, -0.2) is 19.3 Å². The Morgan fingerprint density at radius 2 is 1.74 bits per heavy atom. The van der Waals surface area contributed by atoms with Crippen LogP contribution in [0, 0.1) is 5.82 Å². The summed E-state index contributed by atoms with van der Waals surface area (Å²) in [6, 6.07) is 12.9. The molecule has 138 valence electrons. The van der Waals surface area contributed by atoms with Gasteiger partial charge in [-0.05, 0) is 48.5 Å². The molecule has 1 amide bonds. The van der Waals surface area contributed by atoms with Crippen LogP contribution in [0.1, 0.15) is 10.4 Å². The lowest BCUT2D eigenvalue weighted by atomic mass is 10.2. The fourth-order valence-corrected chi connectivity index (χ4v) is 3.52. The van der Waals surface area contributed by atoms with Crippen LogP contribution in [0.25, 0.3) is 0 Å². The molecule has 0 saturated heterocycles. The molecule has 0 fully saturated rings. The number of amides is 1. The number of sulfonamides is 1. The highest BCUT2D eigenvalue weighted by molar-refractivity contribution is 9.10. The Hall–Kier alpha value is -2.78. The minimum atomic E-state index is -3.83. The summed E-state index contributed by atoms with van der Waals surface area (Å²) in [6.45, 7) is 0. The fraction of sp³-hybridized carbons (Fsp3) is 0. The van der Waals surface area contributed by atoms with Crippen molar-refractivity contribution in [2.45, 2.75) is 4.90 Å². The van der Waals surface area contributed by atoms with E-state index in [1.165, 1.54) is 54.9 Å². The summed E-state index contributed by atoms with van der Waals surface area (Å²) < 4.78 is 41.2. The van der Waals surface area contributed by atoms with E-state index in [-0.39, 0.29) is 21.8 Å². The first-order valence-electron chi connectivity index (χ1n) is 7.64. The molecule has 6 nitrogen and oxygen atoms in total. The molecule has 3 aromatic rings. The standard InChI is InChI=1S/C18H13BrFN3O3S/c19-13-4-6-17(7-5-13)27(25,26)23-16-8-12(10-21-11-16)18(24)22-15-3-1-2-14(20)9-15/h1-11,23H,(H,22,24). The molecule has 0 spiro atoms. The van der Waals surface area contributed by atoms with Crippen molar-refractivity contribution >= 4 is 43.2 Å². The summed E-state index contributed by atoms with van der Waals surface area (Å²) in [4.78, 5) is 16.3. The van der Waals surface area contributed by atoms with Gasteiger partial charge in [0.2, 0.25) is 0 Å². The van der Waals surface area contributed by atoms with Gasteiger partial charge in [0.1, 0.15) is 5.82 Å². The van der Waals surface area contributed by atoms with Gasteiger partial charge in [0.05, 0.1) is 22.3 Å². The molecule has 1 heterocycles. The molecule has 0 aliphatic carbocycles. The summed E-state index contributed by atoms with van der Waals surface area (Å²) >= 11 is 3.24. The van der Waals surface area contributed by atoms with Crippen molar-refractivity contribution in [3.05, 3.63) is 82.8 Å². The number of benzene rings is 2. The number of nitrogens with one attached hydrogen (secondary N) is 2. The van der Waals surface area contributed by atoms with Crippen LogP contribution < -0.4 is 10.0 Å². The number of nitrogens with zero attached hydrogens (tertiary/aromatic N) is 1. The average Bonchev–Trinajstić information content (AvgIpc) is 2.62. The highest BCUT2D eigenvalue weighted by Crippen LogP contribution is 2.19. The molecular formula is C18H13BrFN3O3S. The molecule has 2 aromatic carbocycles. The molecule has 0 saturated carbocycles. The second-order valence-electron chi connectivity index (χ2n) is 5.49. The van der Waals surface area contributed by atoms with Crippen molar-refractivity contribution in [2.24, 2.45) is 0 Å². The van der Waals surface area contributed by atoms with E-state index in [1.54, 1.807) is 12.1 Å². The summed E-state index contributed by atoms with van der Waals surface area (Å²) in [5, 5.41) is 2.53. The Morgan fingerprint density at radius 3 is 2.44 bits per heavy atom. The normalized spacial score (nSPS) is 11.0. The number of pyridine rings is 1. The first kappa shape index (κ1) is 19.0. The molecule has 0 unspecified atom stereocenters. The summed E-state index contributed by atoms with van der Waals surface area (Å²) in [7, 11) is -3.83. The quantitative estimate of drug-likeness (QED) is 0.615. The second-order valence-corrected chi connectivity index (χ2v) is 8.08. The van der Waals surface area contributed by atoms with E-state index < -0.39 is 21.7 Å². The van der Waals surface area contributed by atoms with Gasteiger partial charge in [0.15, 0.2) is 0 Å². The van der Waals surface area contributed by atoms with Crippen molar-refractivity contribution in [3.63, 3.8) is 0 Å². The number of carbonyl (C=O) groups excluding carboxylic acids is 1. The third kappa shape index (κ3) is 4.89. The number of halogens is 2. The molecule has 9 heteroatoms. The Balaban J connectivity index is 1.79. The number of aromatic nitrogens is 1. The van der Waals surface area contributed by atoms with Crippen molar-refractivity contribution in [2.75, 3.05) is 10.0 Å². The van der Waals surface area contributed by atoms with E-state index >= 15 is 0 Å². The Kier molecular flexibility index (Phi) is 5.52. The van der Waals surface area contributed by atoms with Gasteiger partial charge in [0, 0.05) is 16.4 Å². The zero-order valence-corrected chi connectivity index (χ0v) is 16.1. The van der Waals surface area contributed by atoms with E-state index in [0.29, 0.717) is 0 Å². The van der Waals surface area contributed by atoms with Gasteiger partial charge >= 0.3 is 0 Å². The molecular weight excluding hydrogens is 437 g/mol. The number of rotatable bonds is 5. The third-order valence-corrected chi connectivity index (χ3v) is 5.38. The zero-order valence-electron chi connectivity index (χ0n) is 13.7. The van der Waals surface area contributed by atoms with Crippen LogP contribution in [-0.2, 0) is 10.0 Å². The first-order valence-corrected chi connectivity index (χ1v) is 9.91. The lowest BCUT2D eigenvalue weighted by Gasteiger charge is -2.10. The smallest absolute Gasteiger partial charge is 0.261 e. The van der Waals surface area contributed by atoms with Gasteiger partial charge in [-0.3, -0.25) is 14.5 Å². The van der Waals surface area contributed by atoms with Crippen LogP contribution in [0.4, 0.5) is 15.8 Å². The number of anilines is 2. The number of hydrogen-bond acceptors (Lipinski definition) is 4. The van der Waals surface area contributed by atoms with Crippen molar-refractivity contribution < 1.29 is 17.6 Å². The topological polar surface area (TPSA) is 88.2 Å². The molecule has 27 heavy (non-hydrogen) atoms. The molecule has 0 radical (unpaired) electrons. The van der Waals surface area contributed by atoms with Gasteiger partial charge in [0.25, 0.3) is 15.9 Å². The molecule has 2 N–H and O–H groups in total. The van der Waals surface area contributed by atoms with E-state index in [4.69, 9.17) is 0 Å². The largest absolute Gasteiger partial charge is 0.322 e. The Morgan fingerprint density at radius 1 is 1.00 bits per heavy atom. The average molecular weight is 450 g/mol. The van der Waals surface area contributed by atoms with Crippen LogP contribution >= 0.6 is 15.9 Å². The highest BCUT2D eigenvalue weighted by Gasteiger charge is 2.15. The minimum Gasteiger partial charge on any atom is -0.322 e.